The Balaban J connectivity index is 1.19. The summed E-state index contributed by atoms with van der Waals surface area (Å²) in [4.78, 5) is 2.43. The zero-order chi connectivity index (χ0) is 36.4. The predicted octanol–water partition coefficient (Wildman–Crippen LogP) is 14.7. The molecule has 258 valence electrons. The molecule has 1 aliphatic carbocycles. The van der Waals surface area contributed by atoms with Crippen LogP contribution in [-0.4, -0.2) is 0 Å². The van der Waals surface area contributed by atoms with Crippen LogP contribution in [0.15, 0.2) is 186 Å². The van der Waals surface area contributed by atoms with Gasteiger partial charge < -0.3 is 9.32 Å². The molecule has 10 rings (SSSR count). The van der Waals surface area contributed by atoms with Gasteiger partial charge in [-0.25, -0.2) is 0 Å². The van der Waals surface area contributed by atoms with E-state index >= 15 is 0 Å². The Bertz CT molecular complexity index is 2860. The molecule has 0 saturated heterocycles. The fourth-order valence-electron chi connectivity index (χ4n) is 8.60. The second-order valence-corrected chi connectivity index (χ2v) is 15.0. The highest BCUT2D eigenvalue weighted by atomic mass is 16.3. The van der Waals surface area contributed by atoms with Crippen molar-refractivity contribution in [2.75, 3.05) is 4.90 Å². The molecule has 0 fully saturated rings. The average Bonchev–Trinajstić information content (AvgIpc) is 3.70. The van der Waals surface area contributed by atoms with Crippen LogP contribution in [0.25, 0.3) is 66.4 Å². The van der Waals surface area contributed by atoms with Gasteiger partial charge in [-0.3, -0.25) is 0 Å². The molecule has 1 aliphatic rings. The Morgan fingerprint density at radius 2 is 1.00 bits per heavy atom. The number of aryl methyl sites for hydroxylation is 1. The summed E-state index contributed by atoms with van der Waals surface area (Å²) in [5.74, 6) is 0. The lowest BCUT2D eigenvalue weighted by Crippen LogP contribution is -2.17. The van der Waals surface area contributed by atoms with Crippen molar-refractivity contribution in [2.45, 2.75) is 26.2 Å². The van der Waals surface area contributed by atoms with Crippen LogP contribution in [-0.2, 0) is 5.41 Å². The van der Waals surface area contributed by atoms with Crippen LogP contribution < -0.4 is 4.90 Å². The number of para-hydroxylation sites is 1. The van der Waals surface area contributed by atoms with Gasteiger partial charge in [-0.05, 0) is 105 Å². The summed E-state index contributed by atoms with van der Waals surface area (Å²) in [5, 5.41) is 2.25. The Morgan fingerprint density at radius 3 is 1.81 bits per heavy atom. The fourth-order valence-corrected chi connectivity index (χ4v) is 8.60. The van der Waals surface area contributed by atoms with Gasteiger partial charge in [0.25, 0.3) is 0 Å². The minimum absolute atomic E-state index is 0.134. The third-order valence-electron chi connectivity index (χ3n) is 11.4. The van der Waals surface area contributed by atoms with Crippen LogP contribution in [0.2, 0.25) is 0 Å². The first-order valence-corrected chi connectivity index (χ1v) is 18.8. The summed E-state index contributed by atoms with van der Waals surface area (Å²) in [6, 6.07) is 66.0. The van der Waals surface area contributed by atoms with Gasteiger partial charge in [-0.2, -0.15) is 0 Å². The zero-order valence-corrected chi connectivity index (χ0v) is 30.7. The van der Waals surface area contributed by atoms with Crippen molar-refractivity contribution in [3.8, 4) is 44.5 Å². The van der Waals surface area contributed by atoms with E-state index in [0.29, 0.717) is 0 Å². The first-order chi connectivity index (χ1) is 26.4. The monoisotopic (exact) mass is 693 g/mol. The zero-order valence-electron chi connectivity index (χ0n) is 30.7. The first kappa shape index (κ1) is 32.0. The molecule has 0 radical (unpaired) electrons. The molecule has 8 aromatic carbocycles. The number of nitrogens with zero attached hydrogens (tertiary/aromatic N) is 1. The first-order valence-electron chi connectivity index (χ1n) is 18.8. The number of benzene rings is 8. The summed E-state index contributed by atoms with van der Waals surface area (Å²) in [5.41, 5.74) is 18.6. The summed E-state index contributed by atoms with van der Waals surface area (Å²) >= 11 is 0. The normalized spacial score (nSPS) is 12.9. The van der Waals surface area contributed by atoms with E-state index in [2.05, 4.69) is 202 Å². The maximum absolute atomic E-state index is 6.49. The number of furan rings is 1. The molecular formula is C52H39NO. The third kappa shape index (κ3) is 5.17. The van der Waals surface area contributed by atoms with E-state index < -0.39 is 0 Å². The Kier molecular flexibility index (Phi) is 7.42. The van der Waals surface area contributed by atoms with Crippen molar-refractivity contribution in [1.82, 2.24) is 0 Å². The second kappa shape index (κ2) is 12.5. The summed E-state index contributed by atoms with van der Waals surface area (Å²) in [6.07, 6.45) is 0. The van der Waals surface area contributed by atoms with Crippen molar-refractivity contribution >= 4 is 39.0 Å². The van der Waals surface area contributed by atoms with Crippen molar-refractivity contribution in [2.24, 2.45) is 0 Å². The van der Waals surface area contributed by atoms with Crippen LogP contribution >= 0.6 is 0 Å². The number of hydrogen-bond donors (Lipinski definition) is 0. The van der Waals surface area contributed by atoms with E-state index in [4.69, 9.17) is 4.42 Å². The second-order valence-electron chi connectivity index (χ2n) is 15.0. The molecule has 1 aromatic heterocycles. The maximum Gasteiger partial charge on any atom is 0.137 e. The number of hydrogen-bond acceptors (Lipinski definition) is 2. The lowest BCUT2D eigenvalue weighted by Gasteiger charge is -2.30. The number of rotatable bonds is 6. The van der Waals surface area contributed by atoms with Crippen LogP contribution in [0.1, 0.15) is 30.5 Å². The predicted molar refractivity (Wildman–Crippen MR) is 227 cm³/mol. The van der Waals surface area contributed by atoms with Gasteiger partial charge in [0.2, 0.25) is 0 Å². The minimum atomic E-state index is -0.134. The van der Waals surface area contributed by atoms with E-state index in [0.717, 1.165) is 39.0 Å². The Hall–Kier alpha value is -6.64. The van der Waals surface area contributed by atoms with Crippen molar-refractivity contribution < 1.29 is 4.42 Å². The molecular weight excluding hydrogens is 655 g/mol. The van der Waals surface area contributed by atoms with E-state index in [1.54, 1.807) is 0 Å². The molecule has 0 amide bonds. The topological polar surface area (TPSA) is 16.4 Å². The van der Waals surface area contributed by atoms with Crippen molar-refractivity contribution in [3.63, 3.8) is 0 Å². The molecule has 0 spiro atoms. The number of fused-ring (bicyclic) bond motifs is 6. The molecule has 1 heterocycles. The molecule has 2 heteroatoms. The molecule has 0 bridgehead atoms. The van der Waals surface area contributed by atoms with E-state index in [-0.39, 0.29) is 5.41 Å². The molecule has 0 saturated carbocycles. The van der Waals surface area contributed by atoms with Gasteiger partial charge in [-0.1, -0.05) is 147 Å². The Morgan fingerprint density at radius 1 is 0.407 bits per heavy atom. The fraction of sp³-hybridized carbons (Fsp3) is 0.0769. The standard InChI is InChI=1S/C52H39NO/c1-34-13-7-8-16-41(34)46-31-38(37-23-21-36(22-24-37)35-14-5-4-6-15-35)25-30-49(46)53(40-27-29-45-44-18-10-12-20-50(44)54-51(45)33-40)39-26-28-43-42-17-9-11-19-47(42)52(2,3)48(43)32-39/h4-33H,1-3H3. The van der Waals surface area contributed by atoms with Gasteiger partial charge in [0.1, 0.15) is 11.2 Å². The molecule has 9 aromatic rings. The molecule has 54 heavy (non-hydrogen) atoms. The highest BCUT2D eigenvalue weighted by Crippen LogP contribution is 2.52. The molecule has 0 aliphatic heterocycles. The van der Waals surface area contributed by atoms with Crippen LogP contribution in [0.3, 0.4) is 0 Å². The minimum Gasteiger partial charge on any atom is -0.456 e. The van der Waals surface area contributed by atoms with Crippen LogP contribution in [0.5, 0.6) is 0 Å². The molecule has 0 unspecified atom stereocenters. The molecule has 0 N–H and O–H groups in total. The molecule has 0 atom stereocenters. The summed E-state index contributed by atoms with van der Waals surface area (Å²) in [7, 11) is 0. The van der Waals surface area contributed by atoms with Gasteiger partial charge in [0.05, 0.1) is 5.69 Å². The maximum atomic E-state index is 6.49. The lowest BCUT2D eigenvalue weighted by molar-refractivity contribution is 0.660. The van der Waals surface area contributed by atoms with Crippen LogP contribution in [0, 0.1) is 6.92 Å². The summed E-state index contributed by atoms with van der Waals surface area (Å²) in [6.45, 7) is 6.91. The van der Waals surface area contributed by atoms with E-state index in [1.165, 1.54) is 61.2 Å². The highest BCUT2D eigenvalue weighted by molar-refractivity contribution is 6.06. The smallest absolute Gasteiger partial charge is 0.137 e. The Labute approximate surface area is 316 Å². The van der Waals surface area contributed by atoms with E-state index in [1.807, 2.05) is 6.07 Å². The SMILES string of the molecule is Cc1ccccc1-c1cc(-c2ccc(-c3ccccc3)cc2)ccc1N(c1ccc2c(c1)C(C)(C)c1ccccc1-2)c1ccc2c(c1)oc1ccccc12. The highest BCUT2D eigenvalue weighted by Gasteiger charge is 2.36. The summed E-state index contributed by atoms with van der Waals surface area (Å²) < 4.78 is 6.49. The molecule has 2 nitrogen and oxygen atoms in total. The van der Waals surface area contributed by atoms with Crippen LogP contribution in [0.4, 0.5) is 17.1 Å². The van der Waals surface area contributed by atoms with Gasteiger partial charge >= 0.3 is 0 Å². The lowest BCUT2D eigenvalue weighted by atomic mass is 9.82. The van der Waals surface area contributed by atoms with Crippen molar-refractivity contribution in [3.05, 3.63) is 199 Å². The average molecular weight is 694 g/mol. The third-order valence-corrected chi connectivity index (χ3v) is 11.4. The van der Waals surface area contributed by atoms with Gasteiger partial charge in [-0.15, -0.1) is 0 Å². The number of anilines is 3. The van der Waals surface area contributed by atoms with Gasteiger partial charge in [0.15, 0.2) is 0 Å². The van der Waals surface area contributed by atoms with Gasteiger partial charge in [0, 0.05) is 39.2 Å². The van der Waals surface area contributed by atoms with E-state index in [9.17, 15) is 0 Å². The quantitative estimate of drug-likeness (QED) is 0.172. The largest absolute Gasteiger partial charge is 0.456 e. The van der Waals surface area contributed by atoms with Crippen molar-refractivity contribution in [1.29, 1.82) is 0 Å².